The van der Waals surface area contributed by atoms with E-state index in [2.05, 4.69) is 16.0 Å². The Kier molecular flexibility index (Phi) is 7.47. The number of ether oxygens (including phenoxy) is 1. The number of nitrogens with one attached hydrogen (secondary N) is 3. The summed E-state index contributed by atoms with van der Waals surface area (Å²) < 4.78 is 5.28. The summed E-state index contributed by atoms with van der Waals surface area (Å²) in [4.78, 5) is 37.1. The van der Waals surface area contributed by atoms with Gasteiger partial charge < -0.3 is 15.4 Å². The smallest absolute Gasteiger partial charge is 0.407 e. The molecule has 0 aromatic rings. The zero-order chi connectivity index (χ0) is 18.3. The van der Waals surface area contributed by atoms with Gasteiger partial charge in [0.05, 0.1) is 6.54 Å². The fourth-order valence-corrected chi connectivity index (χ4v) is 2.78. The van der Waals surface area contributed by atoms with Crippen molar-refractivity contribution in [1.82, 2.24) is 20.9 Å². The maximum atomic E-state index is 11.9. The Morgan fingerprint density at radius 1 is 1.25 bits per heavy atom. The highest BCUT2D eigenvalue weighted by Gasteiger charge is 2.30. The maximum absolute atomic E-state index is 11.9. The SMILES string of the molecule is CNC(=O)NC(=O)CN1CCCC[C@@H]1[C@H](C)NC(=O)OC(C)(C)C. The van der Waals surface area contributed by atoms with Crippen LogP contribution in [0.25, 0.3) is 0 Å². The second-order valence-electron chi connectivity index (χ2n) is 7.10. The van der Waals surface area contributed by atoms with Gasteiger partial charge in [-0.25, -0.2) is 9.59 Å². The molecule has 0 spiro atoms. The van der Waals surface area contributed by atoms with Gasteiger partial charge in [-0.05, 0) is 47.1 Å². The van der Waals surface area contributed by atoms with Gasteiger partial charge in [-0.2, -0.15) is 0 Å². The number of hydrogen-bond donors (Lipinski definition) is 3. The first kappa shape index (κ1) is 20.2. The fraction of sp³-hybridized carbons (Fsp3) is 0.812. The first-order valence-corrected chi connectivity index (χ1v) is 8.37. The van der Waals surface area contributed by atoms with Crippen LogP contribution in [0.1, 0.15) is 47.0 Å². The van der Waals surface area contributed by atoms with Crippen LogP contribution in [0.5, 0.6) is 0 Å². The van der Waals surface area contributed by atoms with Crippen LogP contribution >= 0.6 is 0 Å². The largest absolute Gasteiger partial charge is 0.444 e. The summed E-state index contributed by atoms with van der Waals surface area (Å²) in [6.45, 7) is 8.22. The Hall–Kier alpha value is -1.83. The molecule has 1 aliphatic heterocycles. The molecule has 1 heterocycles. The molecule has 138 valence electrons. The lowest BCUT2D eigenvalue weighted by molar-refractivity contribution is -0.122. The summed E-state index contributed by atoms with van der Waals surface area (Å²) in [5.41, 5.74) is -0.552. The number of rotatable bonds is 4. The van der Waals surface area contributed by atoms with Crippen molar-refractivity contribution >= 4 is 18.0 Å². The summed E-state index contributed by atoms with van der Waals surface area (Å²) in [5.74, 6) is -0.356. The third kappa shape index (κ3) is 7.16. The van der Waals surface area contributed by atoms with Gasteiger partial charge in [-0.1, -0.05) is 6.42 Å². The molecule has 0 aliphatic carbocycles. The minimum Gasteiger partial charge on any atom is -0.444 e. The Morgan fingerprint density at radius 3 is 2.50 bits per heavy atom. The predicted molar refractivity (Wildman–Crippen MR) is 90.6 cm³/mol. The zero-order valence-corrected chi connectivity index (χ0v) is 15.3. The molecular formula is C16H30N4O4. The molecule has 0 saturated carbocycles. The molecule has 8 nitrogen and oxygen atoms in total. The van der Waals surface area contributed by atoms with E-state index in [1.807, 2.05) is 32.6 Å². The third-order valence-corrected chi connectivity index (χ3v) is 3.81. The van der Waals surface area contributed by atoms with E-state index in [1.54, 1.807) is 0 Å². The van der Waals surface area contributed by atoms with E-state index in [-0.39, 0.29) is 24.5 Å². The van der Waals surface area contributed by atoms with Crippen LogP contribution in [0, 0.1) is 0 Å². The molecular weight excluding hydrogens is 312 g/mol. The van der Waals surface area contributed by atoms with E-state index < -0.39 is 17.7 Å². The molecule has 4 amide bonds. The average molecular weight is 342 g/mol. The van der Waals surface area contributed by atoms with Gasteiger partial charge in [0.15, 0.2) is 0 Å². The van der Waals surface area contributed by atoms with Crippen molar-refractivity contribution in [2.24, 2.45) is 0 Å². The van der Waals surface area contributed by atoms with Crippen molar-refractivity contribution in [2.75, 3.05) is 20.1 Å². The molecule has 0 radical (unpaired) electrons. The Labute approximate surface area is 143 Å². The summed E-state index contributed by atoms with van der Waals surface area (Å²) in [6.07, 6.45) is 2.45. The fourth-order valence-electron chi connectivity index (χ4n) is 2.78. The Balaban J connectivity index is 2.60. The van der Waals surface area contributed by atoms with Gasteiger partial charge in [0.1, 0.15) is 5.60 Å². The van der Waals surface area contributed by atoms with Gasteiger partial charge in [-0.15, -0.1) is 0 Å². The topological polar surface area (TPSA) is 99.8 Å². The van der Waals surface area contributed by atoms with Crippen LogP contribution in [0.3, 0.4) is 0 Å². The van der Waals surface area contributed by atoms with Crippen molar-refractivity contribution in [2.45, 2.75) is 64.6 Å². The zero-order valence-electron chi connectivity index (χ0n) is 15.3. The molecule has 1 fully saturated rings. The lowest BCUT2D eigenvalue weighted by Gasteiger charge is -2.39. The molecule has 8 heteroatoms. The Bertz CT molecular complexity index is 461. The monoisotopic (exact) mass is 342 g/mol. The molecule has 0 bridgehead atoms. The van der Waals surface area contributed by atoms with Crippen LogP contribution in [0.15, 0.2) is 0 Å². The van der Waals surface area contributed by atoms with E-state index in [1.165, 1.54) is 7.05 Å². The number of carbonyl (C=O) groups is 3. The molecule has 24 heavy (non-hydrogen) atoms. The van der Waals surface area contributed by atoms with E-state index in [9.17, 15) is 14.4 Å². The predicted octanol–water partition coefficient (Wildman–Crippen LogP) is 1.21. The molecule has 2 atom stereocenters. The third-order valence-electron chi connectivity index (χ3n) is 3.81. The molecule has 0 aromatic heterocycles. The summed E-state index contributed by atoms with van der Waals surface area (Å²) in [6, 6.07) is -0.650. The van der Waals surface area contributed by atoms with E-state index in [4.69, 9.17) is 4.74 Å². The number of urea groups is 1. The lowest BCUT2D eigenvalue weighted by Crippen LogP contribution is -2.55. The first-order valence-electron chi connectivity index (χ1n) is 8.37. The minimum atomic E-state index is -0.552. The molecule has 1 saturated heterocycles. The van der Waals surface area contributed by atoms with Gasteiger partial charge in [0.2, 0.25) is 5.91 Å². The highest BCUT2D eigenvalue weighted by atomic mass is 16.6. The van der Waals surface area contributed by atoms with Crippen molar-refractivity contribution in [3.8, 4) is 0 Å². The molecule has 3 N–H and O–H groups in total. The van der Waals surface area contributed by atoms with Gasteiger partial charge in [0, 0.05) is 19.1 Å². The molecule has 1 rings (SSSR count). The van der Waals surface area contributed by atoms with Crippen LogP contribution < -0.4 is 16.0 Å². The van der Waals surface area contributed by atoms with Crippen LogP contribution in [0.4, 0.5) is 9.59 Å². The van der Waals surface area contributed by atoms with E-state index >= 15 is 0 Å². The molecule has 0 aromatic carbocycles. The summed E-state index contributed by atoms with van der Waals surface area (Å²) >= 11 is 0. The van der Waals surface area contributed by atoms with Crippen LogP contribution in [-0.4, -0.2) is 60.8 Å². The quantitative estimate of drug-likeness (QED) is 0.713. The number of alkyl carbamates (subject to hydrolysis) is 1. The van der Waals surface area contributed by atoms with Gasteiger partial charge >= 0.3 is 12.1 Å². The van der Waals surface area contributed by atoms with Crippen LogP contribution in [0.2, 0.25) is 0 Å². The number of likely N-dealkylation sites (tertiary alicyclic amines) is 1. The van der Waals surface area contributed by atoms with Gasteiger partial charge in [0.25, 0.3) is 0 Å². The van der Waals surface area contributed by atoms with Gasteiger partial charge in [-0.3, -0.25) is 15.0 Å². The molecule has 0 unspecified atom stereocenters. The van der Waals surface area contributed by atoms with Crippen molar-refractivity contribution in [3.05, 3.63) is 0 Å². The van der Waals surface area contributed by atoms with Crippen LogP contribution in [-0.2, 0) is 9.53 Å². The second-order valence-corrected chi connectivity index (χ2v) is 7.10. The van der Waals surface area contributed by atoms with Crippen molar-refractivity contribution in [3.63, 3.8) is 0 Å². The number of piperidine rings is 1. The van der Waals surface area contributed by atoms with Crippen molar-refractivity contribution < 1.29 is 19.1 Å². The first-order chi connectivity index (χ1) is 11.1. The number of hydrogen-bond acceptors (Lipinski definition) is 5. The highest BCUT2D eigenvalue weighted by molar-refractivity contribution is 5.95. The normalized spacial score (nSPS) is 20.0. The number of amides is 4. The van der Waals surface area contributed by atoms with Crippen molar-refractivity contribution in [1.29, 1.82) is 0 Å². The maximum Gasteiger partial charge on any atom is 0.407 e. The summed E-state index contributed by atoms with van der Waals surface area (Å²) in [5, 5.41) is 7.46. The summed E-state index contributed by atoms with van der Waals surface area (Å²) in [7, 11) is 1.46. The van der Waals surface area contributed by atoms with E-state index in [0.717, 1.165) is 25.8 Å². The number of carbonyl (C=O) groups excluding carboxylic acids is 3. The lowest BCUT2D eigenvalue weighted by atomic mass is 9.96. The Morgan fingerprint density at radius 2 is 1.92 bits per heavy atom. The average Bonchev–Trinajstić information content (AvgIpc) is 2.45. The second kappa shape index (κ2) is 8.86. The standard InChI is InChI=1S/C16H30N4O4/c1-11(18-15(23)24-16(2,3)4)12-8-6-7-9-20(12)10-13(21)19-14(22)17-5/h11-12H,6-10H2,1-5H3,(H,18,23)(H2,17,19,21,22)/t11-,12+/m0/s1. The molecule has 1 aliphatic rings. The number of imide groups is 1. The van der Waals surface area contributed by atoms with E-state index in [0.29, 0.717) is 0 Å². The minimum absolute atomic E-state index is 0.0294. The highest BCUT2D eigenvalue weighted by Crippen LogP contribution is 2.20. The number of nitrogens with zero attached hydrogens (tertiary/aromatic N) is 1.